The summed E-state index contributed by atoms with van der Waals surface area (Å²) in [6, 6.07) is 0.236. The predicted molar refractivity (Wildman–Crippen MR) is 27.7 cm³/mol. The van der Waals surface area contributed by atoms with Crippen LogP contribution in [-0.2, 0) is 19.4 Å². The maximum atomic E-state index is 5.47. The van der Waals surface area contributed by atoms with E-state index in [0.29, 0.717) is 6.54 Å². The fourth-order valence-electron chi connectivity index (χ4n) is 0.260. The topological polar surface area (TPSA) is 52.0 Å². The molecule has 0 aromatic rings. The van der Waals surface area contributed by atoms with E-state index in [1.165, 1.54) is 19.4 Å². The van der Waals surface area contributed by atoms with Crippen LogP contribution in [0, 0.1) is 0 Å². The van der Waals surface area contributed by atoms with Gasteiger partial charge in [-0.3, -0.25) is 0 Å². The Morgan fingerprint density at radius 2 is 2.29 bits per heavy atom. The van der Waals surface area contributed by atoms with Crippen molar-refractivity contribution in [1.82, 2.24) is 0 Å². The number of rotatable bonds is 3. The van der Waals surface area contributed by atoms with Crippen LogP contribution in [0.2, 0.25) is 0 Å². The molecule has 7 heavy (non-hydrogen) atoms. The molecular weight excluding hydrogens is 260 g/mol. The Balaban J connectivity index is 2.98. The summed E-state index contributed by atoms with van der Waals surface area (Å²) in [5.74, 6) is 0. The molecule has 2 nitrogen and oxygen atoms in total. The van der Waals surface area contributed by atoms with Gasteiger partial charge in [-0.2, -0.15) is 0 Å². The van der Waals surface area contributed by atoms with Crippen molar-refractivity contribution < 1.29 is 19.4 Å². The first-order valence-corrected chi connectivity index (χ1v) is 3.91. The molecule has 0 aliphatic carbocycles. The molecule has 0 fully saturated rings. The van der Waals surface area contributed by atoms with Gasteiger partial charge in [0.1, 0.15) is 0 Å². The van der Waals surface area contributed by atoms with Crippen molar-refractivity contribution in [2.75, 3.05) is 6.54 Å². The molecule has 4 N–H and O–H groups in total. The molecule has 0 aromatic carbocycles. The molecule has 0 saturated carbocycles. The Morgan fingerprint density at radius 1 is 1.71 bits per heavy atom. The second kappa shape index (κ2) is 4.63. The van der Waals surface area contributed by atoms with E-state index in [0.717, 1.165) is 6.42 Å². The van der Waals surface area contributed by atoms with Gasteiger partial charge in [-0.1, -0.05) is 0 Å². The third kappa shape index (κ3) is 4.33. The minimum atomic E-state index is 0.236. The van der Waals surface area contributed by atoms with E-state index in [-0.39, 0.29) is 6.04 Å². The van der Waals surface area contributed by atoms with E-state index in [1.54, 1.807) is 0 Å². The van der Waals surface area contributed by atoms with Crippen molar-refractivity contribution in [3.05, 3.63) is 0 Å². The first-order valence-electron chi connectivity index (χ1n) is 2.22. The van der Waals surface area contributed by atoms with E-state index in [1.807, 2.05) is 4.40 Å². The molecule has 0 heterocycles. The van der Waals surface area contributed by atoms with E-state index in [9.17, 15) is 0 Å². The summed E-state index contributed by atoms with van der Waals surface area (Å²) in [6.45, 7) is 0.699. The van der Waals surface area contributed by atoms with Crippen molar-refractivity contribution in [1.29, 1.82) is 0 Å². The molecule has 0 radical (unpaired) electrons. The molecule has 0 aromatic heterocycles. The second-order valence-electron chi connectivity index (χ2n) is 1.38. The Labute approximate surface area is 54.7 Å². The van der Waals surface area contributed by atoms with Crippen molar-refractivity contribution in [2.24, 2.45) is 11.5 Å². The van der Waals surface area contributed by atoms with E-state index in [4.69, 9.17) is 11.5 Å². The summed E-state index contributed by atoms with van der Waals surface area (Å²) in [5, 5.41) is 0. The molecule has 0 aliphatic heterocycles. The van der Waals surface area contributed by atoms with Gasteiger partial charge in [0, 0.05) is 0 Å². The predicted octanol–water partition coefficient (Wildman–Crippen LogP) is -0.989. The Morgan fingerprint density at radius 3 is 2.43 bits per heavy atom. The Hall–Kier alpha value is 0.478. The number of nitrogens with two attached hydrogens (primary N) is 2. The second-order valence-corrected chi connectivity index (χ2v) is 2.36. The number of hydrogen-bond acceptors (Lipinski definition) is 2. The maximum absolute atomic E-state index is 5.47. The first kappa shape index (κ1) is 7.48. The summed E-state index contributed by atoms with van der Waals surface area (Å²) in [6.07, 6.45) is 0.920. The normalized spacial score (nSPS) is 13.4. The zero-order valence-corrected chi connectivity index (χ0v) is 7.07. The van der Waals surface area contributed by atoms with Crippen molar-refractivity contribution in [3.8, 4) is 0 Å². The van der Waals surface area contributed by atoms with Crippen LogP contribution in [0.4, 0.5) is 0 Å². The average Bonchev–Trinajstić information content (AvgIpc) is 1.68. The van der Waals surface area contributed by atoms with Gasteiger partial charge < -0.3 is 0 Å². The molecule has 0 amide bonds. The average molecular weight is 270 g/mol. The summed E-state index contributed by atoms with van der Waals surface area (Å²) in [4.78, 5) is 0. The van der Waals surface area contributed by atoms with Crippen LogP contribution >= 0.6 is 0 Å². The third-order valence-electron chi connectivity index (χ3n) is 0.675. The van der Waals surface area contributed by atoms with Crippen LogP contribution in [-0.4, -0.2) is 17.0 Å². The fourth-order valence-corrected chi connectivity index (χ4v) is 0.749. The zero-order valence-electron chi connectivity index (χ0n) is 4.13. The van der Waals surface area contributed by atoms with Gasteiger partial charge in [0.05, 0.1) is 0 Å². The standard InChI is InChI=1S/C4H10N2.W/c1-4(6)2-3-5;/h1,4H,2-3,5-6H2;. The van der Waals surface area contributed by atoms with Crippen LogP contribution in [0.5, 0.6) is 0 Å². The summed E-state index contributed by atoms with van der Waals surface area (Å²) < 4.78 is 2.03. The van der Waals surface area contributed by atoms with E-state index < -0.39 is 0 Å². The molecule has 0 rings (SSSR count). The Bertz CT molecular complexity index is 55.7. The SMILES string of the molecule is NCCC(N)[CH]=[W]. The molecule has 3 heteroatoms. The van der Waals surface area contributed by atoms with Gasteiger partial charge in [0.25, 0.3) is 0 Å². The fraction of sp³-hybridized carbons (Fsp3) is 0.750. The van der Waals surface area contributed by atoms with Crippen LogP contribution in [0.3, 0.4) is 0 Å². The van der Waals surface area contributed by atoms with Gasteiger partial charge in [-0.05, 0) is 0 Å². The van der Waals surface area contributed by atoms with Gasteiger partial charge in [-0.15, -0.1) is 0 Å². The van der Waals surface area contributed by atoms with Gasteiger partial charge in [0.15, 0.2) is 0 Å². The van der Waals surface area contributed by atoms with Crippen molar-refractivity contribution >= 4 is 4.40 Å². The van der Waals surface area contributed by atoms with Gasteiger partial charge in [-0.25, -0.2) is 0 Å². The molecule has 0 spiro atoms. The van der Waals surface area contributed by atoms with Gasteiger partial charge in [0.2, 0.25) is 0 Å². The molecule has 0 saturated heterocycles. The van der Waals surface area contributed by atoms with Crippen LogP contribution in [0.25, 0.3) is 0 Å². The quantitative estimate of drug-likeness (QED) is 0.692. The summed E-state index contributed by atoms with van der Waals surface area (Å²) in [5.41, 5.74) is 10.7. The zero-order chi connectivity index (χ0) is 5.70. The van der Waals surface area contributed by atoms with Crippen LogP contribution in [0.15, 0.2) is 0 Å². The molecule has 0 aliphatic rings. The van der Waals surface area contributed by atoms with Crippen LogP contribution in [0.1, 0.15) is 6.42 Å². The monoisotopic (exact) mass is 270 g/mol. The molecule has 0 bridgehead atoms. The molecular formula is C4H10N2W. The first-order chi connectivity index (χ1) is 3.31. The minimum absolute atomic E-state index is 0.236. The number of hydrogen-bond donors (Lipinski definition) is 2. The molecule has 1 unspecified atom stereocenters. The van der Waals surface area contributed by atoms with Crippen molar-refractivity contribution in [3.63, 3.8) is 0 Å². The summed E-state index contributed by atoms with van der Waals surface area (Å²) >= 11 is 1.43. The molecule has 1 atom stereocenters. The van der Waals surface area contributed by atoms with E-state index >= 15 is 0 Å². The third-order valence-corrected chi connectivity index (χ3v) is 1.93. The van der Waals surface area contributed by atoms with Gasteiger partial charge >= 0.3 is 54.2 Å². The van der Waals surface area contributed by atoms with Crippen LogP contribution < -0.4 is 11.5 Å². The Kier molecular flexibility index (Phi) is 4.95. The van der Waals surface area contributed by atoms with Crippen molar-refractivity contribution in [2.45, 2.75) is 12.5 Å². The van der Waals surface area contributed by atoms with E-state index in [2.05, 4.69) is 0 Å². The summed E-state index contributed by atoms with van der Waals surface area (Å²) in [7, 11) is 0. The molecule has 42 valence electrons.